The van der Waals surface area contributed by atoms with Crippen LogP contribution in [0.15, 0.2) is 30.5 Å². The van der Waals surface area contributed by atoms with Crippen LogP contribution in [-0.2, 0) is 16.7 Å². The Bertz CT molecular complexity index is 860. The smallest absolute Gasteiger partial charge is 0.215 e. The summed E-state index contributed by atoms with van der Waals surface area (Å²) in [7, 11) is 0. The standard InChI is InChI=1S/C19H26N4O.2ClH/c1-19(2,3)17-14-23-16-7-5-4-6-15(16)22(18(23)20-17)9-8-21-10-12-24-13-11-21;;/h4-7,14H,8-13H2,1-3H3;2*1H. The molecule has 5 nitrogen and oxygen atoms in total. The maximum atomic E-state index is 5.45. The zero-order chi connectivity index (χ0) is 16.7. The first-order valence-corrected chi connectivity index (χ1v) is 8.81. The molecule has 4 rings (SSSR count). The van der Waals surface area contributed by atoms with Crippen LogP contribution in [0.4, 0.5) is 0 Å². The molecule has 1 aromatic carbocycles. The van der Waals surface area contributed by atoms with Crippen LogP contribution in [0.3, 0.4) is 0 Å². The molecule has 1 fully saturated rings. The highest BCUT2D eigenvalue weighted by Crippen LogP contribution is 2.26. The maximum absolute atomic E-state index is 5.45. The lowest BCUT2D eigenvalue weighted by Crippen LogP contribution is -2.38. The van der Waals surface area contributed by atoms with E-state index in [4.69, 9.17) is 9.72 Å². The first-order chi connectivity index (χ1) is 11.5. The number of imidazole rings is 2. The number of para-hydroxylation sites is 2. The second-order valence-electron chi connectivity index (χ2n) is 7.64. The third kappa shape index (κ3) is 3.86. The zero-order valence-corrected chi connectivity index (χ0v) is 17.3. The SMILES string of the molecule is CC(C)(C)c1cn2c3ccccc3n(CCN3CCOCC3)c2n1.Cl.Cl. The summed E-state index contributed by atoms with van der Waals surface area (Å²) in [6, 6.07) is 8.59. The van der Waals surface area contributed by atoms with E-state index in [0.717, 1.165) is 50.9 Å². The summed E-state index contributed by atoms with van der Waals surface area (Å²) in [6.07, 6.45) is 2.20. The number of nitrogens with zero attached hydrogens (tertiary/aromatic N) is 4. The molecule has 0 spiro atoms. The van der Waals surface area contributed by atoms with Gasteiger partial charge < -0.3 is 9.30 Å². The van der Waals surface area contributed by atoms with Crippen molar-refractivity contribution < 1.29 is 4.74 Å². The Morgan fingerprint density at radius 1 is 1.00 bits per heavy atom. The minimum Gasteiger partial charge on any atom is -0.379 e. The molecule has 1 aliphatic heterocycles. The largest absolute Gasteiger partial charge is 0.379 e. The highest BCUT2D eigenvalue weighted by atomic mass is 35.5. The van der Waals surface area contributed by atoms with E-state index in [-0.39, 0.29) is 30.2 Å². The van der Waals surface area contributed by atoms with Crippen molar-refractivity contribution in [2.24, 2.45) is 0 Å². The summed E-state index contributed by atoms with van der Waals surface area (Å²) in [5, 5.41) is 0. The predicted molar refractivity (Wildman–Crippen MR) is 111 cm³/mol. The van der Waals surface area contributed by atoms with Gasteiger partial charge in [-0.2, -0.15) is 0 Å². The van der Waals surface area contributed by atoms with E-state index in [1.54, 1.807) is 0 Å². The van der Waals surface area contributed by atoms with Crippen LogP contribution in [0, 0.1) is 0 Å². The molecule has 1 aliphatic rings. The van der Waals surface area contributed by atoms with Crippen LogP contribution in [0.25, 0.3) is 16.8 Å². The summed E-state index contributed by atoms with van der Waals surface area (Å²) >= 11 is 0. The Hall–Kier alpha value is -1.27. The van der Waals surface area contributed by atoms with Crippen molar-refractivity contribution in [3.63, 3.8) is 0 Å². The fraction of sp³-hybridized carbons (Fsp3) is 0.526. The Kier molecular flexibility index (Phi) is 6.61. The summed E-state index contributed by atoms with van der Waals surface area (Å²) in [5.41, 5.74) is 3.69. The number of aromatic nitrogens is 3. The van der Waals surface area contributed by atoms with Crippen molar-refractivity contribution in [3.05, 3.63) is 36.2 Å². The summed E-state index contributed by atoms with van der Waals surface area (Å²) < 4.78 is 10.1. The molecule has 0 bridgehead atoms. The fourth-order valence-corrected chi connectivity index (χ4v) is 3.39. The lowest BCUT2D eigenvalue weighted by atomic mass is 9.93. The molecule has 26 heavy (non-hydrogen) atoms. The molecule has 144 valence electrons. The first kappa shape index (κ1) is 21.0. The van der Waals surface area contributed by atoms with E-state index in [9.17, 15) is 0 Å². The number of halogens is 2. The molecule has 2 aromatic heterocycles. The van der Waals surface area contributed by atoms with Gasteiger partial charge in [-0.1, -0.05) is 32.9 Å². The number of morpholine rings is 1. The number of fused-ring (bicyclic) bond motifs is 3. The van der Waals surface area contributed by atoms with E-state index in [2.05, 4.69) is 65.1 Å². The first-order valence-electron chi connectivity index (χ1n) is 8.81. The van der Waals surface area contributed by atoms with Crippen LogP contribution in [0.1, 0.15) is 26.5 Å². The van der Waals surface area contributed by atoms with Gasteiger partial charge in [0, 0.05) is 37.8 Å². The van der Waals surface area contributed by atoms with Crippen LogP contribution < -0.4 is 0 Å². The summed E-state index contributed by atoms with van der Waals surface area (Å²) in [4.78, 5) is 7.44. The number of hydrogen-bond donors (Lipinski definition) is 0. The second kappa shape index (κ2) is 8.17. The van der Waals surface area contributed by atoms with Gasteiger partial charge in [-0.25, -0.2) is 4.98 Å². The molecule has 0 aliphatic carbocycles. The molecule has 0 amide bonds. The number of benzene rings is 1. The Balaban J connectivity index is 0.00000121. The molecule has 3 heterocycles. The highest BCUT2D eigenvalue weighted by molar-refractivity contribution is 5.85. The van der Waals surface area contributed by atoms with E-state index < -0.39 is 0 Å². The van der Waals surface area contributed by atoms with E-state index in [1.165, 1.54) is 11.0 Å². The van der Waals surface area contributed by atoms with Crippen molar-refractivity contribution in [1.82, 2.24) is 18.9 Å². The van der Waals surface area contributed by atoms with Crippen molar-refractivity contribution in [1.29, 1.82) is 0 Å². The van der Waals surface area contributed by atoms with Crippen LogP contribution in [0.5, 0.6) is 0 Å². The number of rotatable bonds is 3. The normalized spacial score (nSPS) is 15.8. The van der Waals surface area contributed by atoms with Gasteiger partial charge in [0.25, 0.3) is 0 Å². The van der Waals surface area contributed by atoms with Crippen LogP contribution in [0.2, 0.25) is 0 Å². The van der Waals surface area contributed by atoms with Gasteiger partial charge in [-0.15, -0.1) is 24.8 Å². The Morgan fingerprint density at radius 2 is 1.65 bits per heavy atom. The topological polar surface area (TPSA) is 34.7 Å². The van der Waals surface area contributed by atoms with Gasteiger partial charge in [0.05, 0.1) is 29.9 Å². The number of hydrogen-bond acceptors (Lipinski definition) is 3. The minimum atomic E-state index is 0. The van der Waals surface area contributed by atoms with Gasteiger partial charge in [0.15, 0.2) is 0 Å². The van der Waals surface area contributed by atoms with E-state index in [0.29, 0.717) is 0 Å². The van der Waals surface area contributed by atoms with Crippen molar-refractivity contribution in [3.8, 4) is 0 Å². The molecular formula is C19H28Cl2N4O. The van der Waals surface area contributed by atoms with Gasteiger partial charge in [-0.3, -0.25) is 9.30 Å². The summed E-state index contributed by atoms with van der Waals surface area (Å²) in [5.74, 6) is 1.05. The lowest BCUT2D eigenvalue weighted by molar-refractivity contribution is 0.0366. The van der Waals surface area contributed by atoms with Crippen LogP contribution >= 0.6 is 24.8 Å². The van der Waals surface area contributed by atoms with E-state index in [1.807, 2.05) is 0 Å². The second-order valence-corrected chi connectivity index (χ2v) is 7.64. The summed E-state index contributed by atoms with van der Waals surface area (Å²) in [6.45, 7) is 12.4. The monoisotopic (exact) mass is 398 g/mol. The molecule has 3 aromatic rings. The predicted octanol–water partition coefficient (Wildman–Crippen LogP) is 3.76. The fourth-order valence-electron chi connectivity index (χ4n) is 3.39. The third-order valence-electron chi connectivity index (χ3n) is 4.87. The molecular weight excluding hydrogens is 371 g/mol. The maximum Gasteiger partial charge on any atom is 0.215 e. The van der Waals surface area contributed by atoms with Crippen molar-refractivity contribution >= 4 is 41.6 Å². The van der Waals surface area contributed by atoms with Crippen LogP contribution in [-0.4, -0.2) is 51.7 Å². The molecule has 0 atom stereocenters. The molecule has 1 saturated heterocycles. The molecule has 0 saturated carbocycles. The Labute approximate surface area is 167 Å². The average molecular weight is 399 g/mol. The van der Waals surface area contributed by atoms with Gasteiger partial charge in [0.2, 0.25) is 5.78 Å². The average Bonchev–Trinajstić information content (AvgIpc) is 3.12. The lowest BCUT2D eigenvalue weighted by Gasteiger charge is -2.26. The quantitative estimate of drug-likeness (QED) is 0.673. The zero-order valence-electron chi connectivity index (χ0n) is 15.6. The van der Waals surface area contributed by atoms with E-state index >= 15 is 0 Å². The third-order valence-corrected chi connectivity index (χ3v) is 4.87. The van der Waals surface area contributed by atoms with Gasteiger partial charge in [0.1, 0.15) is 0 Å². The van der Waals surface area contributed by atoms with Gasteiger partial charge in [-0.05, 0) is 12.1 Å². The van der Waals surface area contributed by atoms with Crippen molar-refractivity contribution in [2.45, 2.75) is 32.7 Å². The molecule has 0 unspecified atom stereocenters. The molecule has 7 heteroatoms. The minimum absolute atomic E-state index is 0. The number of ether oxygens (including phenoxy) is 1. The van der Waals surface area contributed by atoms with Gasteiger partial charge >= 0.3 is 0 Å². The molecule has 0 radical (unpaired) electrons. The molecule has 0 N–H and O–H groups in total. The Morgan fingerprint density at radius 3 is 2.31 bits per heavy atom. The highest BCUT2D eigenvalue weighted by Gasteiger charge is 2.21. The van der Waals surface area contributed by atoms with Crippen molar-refractivity contribution in [2.75, 3.05) is 32.8 Å².